The molecular formula is C67H101ClF3N11O11. The number of alkyl halides is 3. The van der Waals surface area contributed by atoms with Crippen molar-refractivity contribution in [2.45, 2.75) is 242 Å². The number of nitrogens with one attached hydrogen (secondary N) is 4. The van der Waals surface area contributed by atoms with E-state index in [1.165, 1.54) is 70.7 Å². The van der Waals surface area contributed by atoms with Crippen LogP contribution in [0.2, 0.25) is 5.02 Å². The third-order valence-corrected chi connectivity index (χ3v) is 21.3. The number of benzene rings is 1. The summed E-state index contributed by atoms with van der Waals surface area (Å²) >= 11 is 6.13. The van der Waals surface area contributed by atoms with Crippen LogP contribution in [0.15, 0.2) is 18.2 Å². The molecule has 0 unspecified atom stereocenters. The molecule has 0 aromatic heterocycles. The molecule has 93 heavy (non-hydrogen) atoms. The maximum absolute atomic E-state index is 15.1. The molecule has 7 rings (SSSR count). The number of fused-ring (bicyclic) bond motifs is 2. The predicted octanol–water partition coefficient (Wildman–Crippen LogP) is 5.84. The lowest BCUT2D eigenvalue weighted by atomic mass is 9.80. The van der Waals surface area contributed by atoms with Gasteiger partial charge in [0.1, 0.15) is 53.9 Å². The summed E-state index contributed by atoms with van der Waals surface area (Å²) in [6.45, 7) is 10.0. The van der Waals surface area contributed by atoms with Gasteiger partial charge in [-0.2, -0.15) is 13.2 Å². The van der Waals surface area contributed by atoms with Gasteiger partial charge in [0.2, 0.25) is 65.0 Å². The average molecular weight is 1330 g/mol. The van der Waals surface area contributed by atoms with Crippen LogP contribution in [-0.4, -0.2) is 214 Å². The van der Waals surface area contributed by atoms with Gasteiger partial charge in [-0.05, 0) is 113 Å². The van der Waals surface area contributed by atoms with Crippen LogP contribution in [0, 0.1) is 23.7 Å². The zero-order valence-corrected chi connectivity index (χ0v) is 57.1. The fourth-order valence-corrected chi connectivity index (χ4v) is 14.8. The molecule has 3 aliphatic heterocycles. The molecule has 6 aliphatic rings. The fraction of sp³-hybridized carbons (Fsp3) is 0.746. The van der Waals surface area contributed by atoms with Crippen LogP contribution in [0.1, 0.15) is 181 Å². The third kappa shape index (κ3) is 17.5. The Labute approximate surface area is 551 Å². The van der Waals surface area contributed by atoms with Crippen molar-refractivity contribution in [3.05, 3.63) is 34.3 Å². The molecule has 10 atom stereocenters. The first-order valence-corrected chi connectivity index (χ1v) is 34.2. The highest BCUT2D eigenvalue weighted by Crippen LogP contribution is 2.38. The number of halogens is 4. The Hall–Kier alpha value is -6.53. The number of hydrogen-bond donors (Lipinski definition) is 4. The number of hydrogen-bond acceptors (Lipinski definition) is 11. The first-order chi connectivity index (χ1) is 43.8. The van der Waals surface area contributed by atoms with Crippen LogP contribution >= 0.6 is 11.6 Å². The lowest BCUT2D eigenvalue weighted by molar-refractivity contribution is -0.160. The normalized spacial score (nSPS) is 28.8. The Balaban J connectivity index is 1.23. The quantitative estimate of drug-likeness (QED) is 0.216. The smallest absolute Gasteiger partial charge is 0.351 e. The summed E-state index contributed by atoms with van der Waals surface area (Å²) < 4.78 is 41.4. The predicted molar refractivity (Wildman–Crippen MR) is 342 cm³/mol. The second-order valence-electron chi connectivity index (χ2n) is 27.9. The summed E-state index contributed by atoms with van der Waals surface area (Å²) in [5.41, 5.74) is -2.23. The summed E-state index contributed by atoms with van der Waals surface area (Å²) in [5.74, 6) is -7.16. The Kier molecular flexibility index (Phi) is 25.3. The molecule has 518 valence electrons. The standard InChI is InChI=1S/C67H101ClF3N11O11/c1-12-40(4)55-64(92)77(8)42(6)60(88)82-33-29-50(82)63(91)79(10)52(37-43-20-14-13-15-21-43)62(90)76(7)38-53(83)73-48(28-26-45-25-27-46(47(68)35-45)67(69,70)71)61(89)81-32-19-24-49(81)58(86)75-66(30-16-17-31-66)65(93)80(11)56(39(2)3)59(87)72-41(5)34-54(84)78(9)51(57(85)74-55)36-44-22-18-23-44/h25,27,35,39-44,48-52,55-56H,12-24,26,28-34,36-38H2,1-11H3,(H,72,87)(H,73,83)(H,74,85)(H,75,86)/t40-,41+,42-,48-,49-,50-,51-,52-,55-,56-/m0/s1. The SMILES string of the molecule is CC[C@H](C)[C@@H]1NC(=O)[C@H](CC2CCC2)N(C)C(=O)C[C@@H](C)NC(=O)[C@H](C(C)C)N(C)C(=O)C2(CCCC2)NC(=O)[C@@H]2CCCN2C(=O)[C@H](CCc2ccc(C(F)(F)F)c(Cl)c2)NC(=O)CN(C)C(=O)[C@H](CC2CCCCC2)N(C)C(=O)[C@@H]2CCN2C(=O)[C@H](C)N(C)C1=O. The van der Waals surface area contributed by atoms with Crippen molar-refractivity contribution in [1.82, 2.24) is 55.6 Å². The van der Waals surface area contributed by atoms with E-state index >= 15 is 9.59 Å². The summed E-state index contributed by atoms with van der Waals surface area (Å²) in [7, 11) is 7.36. The van der Waals surface area contributed by atoms with Crippen LogP contribution in [0.3, 0.4) is 0 Å². The van der Waals surface area contributed by atoms with Crippen LogP contribution in [0.4, 0.5) is 13.2 Å². The number of likely N-dealkylation sites (N-methyl/N-ethyl adjacent to an activating group) is 5. The summed E-state index contributed by atoms with van der Waals surface area (Å²) in [6, 6.07) is -6.57. The van der Waals surface area contributed by atoms with Crippen molar-refractivity contribution >= 4 is 76.6 Å². The Morgan fingerprint density at radius 2 is 1.25 bits per heavy atom. The van der Waals surface area contributed by atoms with Crippen molar-refractivity contribution in [3.63, 3.8) is 0 Å². The Morgan fingerprint density at radius 1 is 0.624 bits per heavy atom. The van der Waals surface area contributed by atoms with E-state index in [-0.39, 0.29) is 76.3 Å². The van der Waals surface area contributed by atoms with E-state index in [4.69, 9.17) is 11.6 Å². The van der Waals surface area contributed by atoms with E-state index in [9.17, 15) is 56.3 Å². The molecule has 11 amide bonds. The molecule has 26 heteroatoms. The Bertz CT molecular complexity index is 2920. The third-order valence-electron chi connectivity index (χ3n) is 21.0. The van der Waals surface area contributed by atoms with E-state index < -0.39 is 160 Å². The number of aryl methyl sites for hydroxylation is 1. The monoisotopic (exact) mass is 1330 g/mol. The highest BCUT2D eigenvalue weighted by atomic mass is 35.5. The van der Waals surface area contributed by atoms with Gasteiger partial charge < -0.3 is 55.6 Å². The maximum atomic E-state index is 15.1. The van der Waals surface area contributed by atoms with E-state index in [2.05, 4.69) is 21.3 Å². The number of nitrogens with zero attached hydrogens (tertiary/aromatic N) is 7. The topological polar surface area (TPSA) is 259 Å². The van der Waals surface area contributed by atoms with E-state index in [0.29, 0.717) is 37.7 Å². The van der Waals surface area contributed by atoms with E-state index in [0.717, 1.165) is 68.4 Å². The van der Waals surface area contributed by atoms with Crippen molar-refractivity contribution in [3.8, 4) is 0 Å². The molecule has 22 nitrogen and oxygen atoms in total. The molecular weight excluding hydrogens is 1230 g/mol. The van der Waals surface area contributed by atoms with Gasteiger partial charge in [-0.1, -0.05) is 116 Å². The molecule has 0 bridgehead atoms. The first-order valence-electron chi connectivity index (χ1n) is 33.8. The van der Waals surface area contributed by atoms with Gasteiger partial charge in [0.05, 0.1) is 17.1 Å². The Morgan fingerprint density at radius 3 is 1.82 bits per heavy atom. The minimum atomic E-state index is -4.74. The number of amides is 11. The second-order valence-corrected chi connectivity index (χ2v) is 28.3. The molecule has 4 N–H and O–H groups in total. The zero-order chi connectivity index (χ0) is 68.6. The summed E-state index contributed by atoms with van der Waals surface area (Å²) in [4.78, 5) is 171. The van der Waals surface area contributed by atoms with Gasteiger partial charge in [0.15, 0.2) is 0 Å². The molecule has 3 saturated carbocycles. The van der Waals surface area contributed by atoms with Crippen molar-refractivity contribution in [2.24, 2.45) is 23.7 Å². The number of rotatable bonds is 10. The zero-order valence-electron chi connectivity index (χ0n) is 56.3. The maximum Gasteiger partial charge on any atom is 0.417 e. The molecule has 3 saturated heterocycles. The van der Waals surface area contributed by atoms with Gasteiger partial charge in [-0.15, -0.1) is 0 Å². The minimum Gasteiger partial charge on any atom is -0.351 e. The van der Waals surface area contributed by atoms with Gasteiger partial charge in [-0.25, -0.2) is 0 Å². The minimum absolute atomic E-state index is 0.0409. The number of carbonyl (C=O) groups excluding carboxylic acids is 11. The van der Waals surface area contributed by atoms with Crippen LogP contribution in [0.5, 0.6) is 0 Å². The molecule has 0 radical (unpaired) electrons. The molecule has 6 fully saturated rings. The largest absolute Gasteiger partial charge is 0.417 e. The van der Waals surface area contributed by atoms with E-state index in [1.807, 2.05) is 13.8 Å². The van der Waals surface area contributed by atoms with Crippen molar-refractivity contribution in [2.75, 3.05) is 54.9 Å². The second kappa shape index (κ2) is 31.8. The molecule has 1 aromatic carbocycles. The lowest BCUT2D eigenvalue weighted by Crippen LogP contribution is -2.65. The molecule has 3 aliphatic carbocycles. The fourth-order valence-electron chi connectivity index (χ4n) is 14.5. The van der Waals surface area contributed by atoms with E-state index in [1.54, 1.807) is 27.7 Å². The van der Waals surface area contributed by atoms with Crippen molar-refractivity contribution in [1.29, 1.82) is 0 Å². The van der Waals surface area contributed by atoms with Gasteiger partial charge >= 0.3 is 6.18 Å². The molecule has 3 heterocycles. The van der Waals surface area contributed by atoms with Crippen LogP contribution < -0.4 is 21.3 Å². The average Bonchev–Trinajstić information content (AvgIpc) is 1.72. The summed E-state index contributed by atoms with van der Waals surface area (Å²) in [5, 5.41) is 11.1. The van der Waals surface area contributed by atoms with Gasteiger partial charge in [0, 0.05) is 60.8 Å². The highest BCUT2D eigenvalue weighted by molar-refractivity contribution is 6.31. The van der Waals surface area contributed by atoms with Crippen LogP contribution in [-0.2, 0) is 65.3 Å². The van der Waals surface area contributed by atoms with Crippen molar-refractivity contribution < 1.29 is 65.9 Å². The molecule has 1 spiro atoms. The van der Waals surface area contributed by atoms with Gasteiger partial charge in [0.25, 0.3) is 0 Å². The lowest BCUT2D eigenvalue weighted by Gasteiger charge is -2.45. The van der Waals surface area contributed by atoms with Crippen LogP contribution in [0.25, 0.3) is 0 Å². The molecule has 1 aromatic rings. The van der Waals surface area contributed by atoms with Gasteiger partial charge in [-0.3, -0.25) is 52.7 Å². The number of carbonyl (C=O) groups is 11. The summed E-state index contributed by atoms with van der Waals surface area (Å²) in [6.07, 6.45) is 5.22. The first kappa shape index (κ1) is 73.9. The highest BCUT2D eigenvalue weighted by Gasteiger charge is 2.51.